The molecule has 0 amide bonds. The van der Waals surface area contributed by atoms with Crippen molar-refractivity contribution >= 4 is 22.8 Å². The van der Waals surface area contributed by atoms with Gasteiger partial charge in [-0.25, -0.2) is 4.98 Å². The topological polar surface area (TPSA) is 87.3 Å². The highest BCUT2D eigenvalue weighted by molar-refractivity contribution is 7.12. The molecule has 0 atom stereocenters. The minimum atomic E-state index is -0.513. The lowest BCUT2D eigenvalue weighted by Gasteiger charge is -2.08. The number of nitrogens with zero attached hydrogens (tertiary/aromatic N) is 3. The number of hydrogen-bond acceptors (Lipinski definition) is 6. The molecule has 0 unspecified atom stereocenters. The number of nitro groups is 1. The van der Waals surface area contributed by atoms with E-state index in [4.69, 9.17) is 4.74 Å². The molecule has 0 bridgehead atoms. The van der Waals surface area contributed by atoms with Crippen molar-refractivity contribution in [3.8, 4) is 10.9 Å². The number of carbonyl (C=O) groups is 1. The van der Waals surface area contributed by atoms with Gasteiger partial charge in [-0.05, 0) is 38.5 Å². The molecule has 0 aliphatic carbocycles. The second kappa shape index (κ2) is 7.09. The summed E-state index contributed by atoms with van der Waals surface area (Å²) >= 11 is 1.48. The van der Waals surface area contributed by atoms with E-state index in [0.29, 0.717) is 5.56 Å². The minimum absolute atomic E-state index is 0.0858. The van der Waals surface area contributed by atoms with Crippen LogP contribution in [-0.4, -0.2) is 26.9 Å². The van der Waals surface area contributed by atoms with Gasteiger partial charge in [0.05, 0.1) is 4.92 Å². The van der Waals surface area contributed by atoms with Gasteiger partial charge in [-0.15, -0.1) is 11.3 Å². The molecule has 0 saturated heterocycles. The van der Waals surface area contributed by atoms with Gasteiger partial charge in [-0.2, -0.15) is 0 Å². The molecule has 0 spiro atoms. The average molecular weight is 371 g/mol. The number of benzene rings is 1. The van der Waals surface area contributed by atoms with Gasteiger partial charge in [0.25, 0.3) is 0 Å². The van der Waals surface area contributed by atoms with E-state index in [0.717, 1.165) is 22.1 Å². The number of thiazole rings is 1. The first kappa shape index (κ1) is 17.8. The average Bonchev–Trinajstić information content (AvgIpc) is 3.21. The van der Waals surface area contributed by atoms with Gasteiger partial charge in [-0.3, -0.25) is 19.5 Å². The van der Waals surface area contributed by atoms with Crippen LogP contribution in [0.4, 0.5) is 5.69 Å². The smallest absolute Gasteiger partial charge is 0.311 e. The van der Waals surface area contributed by atoms with Crippen molar-refractivity contribution in [1.82, 2.24) is 9.55 Å². The largest absolute Gasteiger partial charge is 0.478 e. The molecule has 2 heterocycles. The molecule has 0 fully saturated rings. The van der Waals surface area contributed by atoms with Gasteiger partial charge in [-0.1, -0.05) is 6.07 Å². The SMILES string of the molecule is Cc1ccc(OCC(=O)c2cc(C)n(-c3nccs3)c2C)c([N+](=O)[O-])c1. The fraction of sp³-hybridized carbons (Fsp3) is 0.222. The Bertz CT molecular complexity index is 977. The van der Waals surface area contributed by atoms with E-state index in [1.54, 1.807) is 25.3 Å². The lowest BCUT2D eigenvalue weighted by atomic mass is 10.1. The van der Waals surface area contributed by atoms with Gasteiger partial charge in [0.1, 0.15) is 0 Å². The molecule has 0 radical (unpaired) electrons. The van der Waals surface area contributed by atoms with Crippen LogP contribution in [-0.2, 0) is 0 Å². The van der Waals surface area contributed by atoms with Crippen LogP contribution in [0.2, 0.25) is 0 Å². The number of ketones is 1. The van der Waals surface area contributed by atoms with Crippen molar-refractivity contribution in [1.29, 1.82) is 0 Å². The molecular weight excluding hydrogens is 354 g/mol. The van der Waals surface area contributed by atoms with E-state index in [-0.39, 0.29) is 23.8 Å². The quantitative estimate of drug-likeness (QED) is 0.371. The lowest BCUT2D eigenvalue weighted by Crippen LogP contribution is -2.13. The van der Waals surface area contributed by atoms with Crippen molar-refractivity contribution in [3.63, 3.8) is 0 Å². The Kier molecular flexibility index (Phi) is 4.85. The summed E-state index contributed by atoms with van der Waals surface area (Å²) in [4.78, 5) is 27.5. The third-order valence-electron chi connectivity index (χ3n) is 4.01. The Hall–Kier alpha value is -3.00. The van der Waals surface area contributed by atoms with Crippen LogP contribution in [0, 0.1) is 30.9 Å². The summed E-state index contributed by atoms with van der Waals surface area (Å²) in [7, 11) is 0. The summed E-state index contributed by atoms with van der Waals surface area (Å²) in [5.74, 6) is -0.154. The summed E-state index contributed by atoms with van der Waals surface area (Å²) in [6, 6.07) is 6.43. The molecule has 2 aromatic heterocycles. The number of hydrogen-bond donors (Lipinski definition) is 0. The van der Waals surface area contributed by atoms with Crippen molar-refractivity contribution in [2.75, 3.05) is 6.61 Å². The molecule has 0 saturated carbocycles. The Labute approximate surface area is 154 Å². The first-order chi connectivity index (χ1) is 12.4. The molecule has 26 heavy (non-hydrogen) atoms. The van der Waals surface area contributed by atoms with Crippen molar-refractivity contribution in [2.45, 2.75) is 20.8 Å². The minimum Gasteiger partial charge on any atom is -0.478 e. The molecule has 0 N–H and O–H groups in total. The van der Waals surface area contributed by atoms with E-state index >= 15 is 0 Å². The van der Waals surface area contributed by atoms with Gasteiger partial charge in [0.15, 0.2) is 17.5 Å². The maximum Gasteiger partial charge on any atom is 0.311 e. The standard InChI is InChI=1S/C18H17N3O4S/c1-11-4-5-17(15(8-11)21(23)24)25-10-16(22)14-9-12(2)20(13(14)3)18-19-6-7-26-18/h4-9H,10H2,1-3H3. The number of rotatable bonds is 6. The summed E-state index contributed by atoms with van der Waals surface area (Å²) in [5.41, 5.74) is 2.78. The number of Topliss-reactive ketones (excluding diaryl/α,β-unsaturated/α-hetero) is 1. The third kappa shape index (κ3) is 3.36. The second-order valence-electron chi connectivity index (χ2n) is 5.88. The summed E-state index contributed by atoms with van der Waals surface area (Å²) in [6.07, 6.45) is 1.71. The molecule has 3 rings (SSSR count). The maximum atomic E-state index is 12.6. The highest BCUT2D eigenvalue weighted by Crippen LogP contribution is 2.28. The Balaban J connectivity index is 1.82. The van der Waals surface area contributed by atoms with E-state index in [9.17, 15) is 14.9 Å². The van der Waals surface area contributed by atoms with Crippen molar-refractivity contribution < 1.29 is 14.5 Å². The Morgan fingerprint density at radius 3 is 2.73 bits per heavy atom. The monoisotopic (exact) mass is 371 g/mol. The predicted octanol–water partition coefficient (Wildman–Crippen LogP) is 4.03. The van der Waals surface area contributed by atoms with Gasteiger partial charge in [0.2, 0.25) is 5.78 Å². The van der Waals surface area contributed by atoms with Crippen LogP contribution in [0.3, 0.4) is 0 Å². The number of aromatic nitrogens is 2. The molecule has 1 aromatic carbocycles. The summed E-state index contributed by atoms with van der Waals surface area (Å²) < 4.78 is 7.36. The lowest BCUT2D eigenvalue weighted by molar-refractivity contribution is -0.385. The number of ether oxygens (including phenoxy) is 1. The first-order valence-corrected chi connectivity index (χ1v) is 8.76. The van der Waals surface area contributed by atoms with Crippen LogP contribution in [0.5, 0.6) is 5.75 Å². The van der Waals surface area contributed by atoms with E-state index in [2.05, 4.69) is 4.98 Å². The highest BCUT2D eigenvalue weighted by Gasteiger charge is 2.20. The zero-order valence-electron chi connectivity index (χ0n) is 14.6. The first-order valence-electron chi connectivity index (χ1n) is 7.88. The van der Waals surface area contributed by atoms with E-state index in [1.165, 1.54) is 23.5 Å². The van der Waals surface area contributed by atoms with Crippen LogP contribution >= 0.6 is 11.3 Å². The fourth-order valence-electron chi connectivity index (χ4n) is 2.78. The van der Waals surface area contributed by atoms with Gasteiger partial charge < -0.3 is 4.74 Å². The normalized spacial score (nSPS) is 10.7. The highest BCUT2D eigenvalue weighted by atomic mass is 32.1. The van der Waals surface area contributed by atoms with Crippen LogP contribution in [0.25, 0.3) is 5.13 Å². The van der Waals surface area contributed by atoms with Crippen LogP contribution in [0.1, 0.15) is 27.3 Å². The van der Waals surface area contributed by atoms with Crippen LogP contribution < -0.4 is 4.74 Å². The van der Waals surface area contributed by atoms with Crippen molar-refractivity contribution in [3.05, 3.63) is 68.5 Å². The third-order valence-corrected chi connectivity index (χ3v) is 4.77. The zero-order chi connectivity index (χ0) is 18.8. The van der Waals surface area contributed by atoms with Gasteiger partial charge >= 0.3 is 5.69 Å². The fourth-order valence-corrected chi connectivity index (χ4v) is 3.53. The number of carbonyl (C=O) groups excluding carboxylic acids is 1. The van der Waals surface area contributed by atoms with E-state index < -0.39 is 4.92 Å². The van der Waals surface area contributed by atoms with E-state index in [1.807, 2.05) is 23.8 Å². The number of nitro benzene ring substituents is 1. The molecular formula is C18H17N3O4S. The molecule has 7 nitrogen and oxygen atoms in total. The molecule has 0 aliphatic rings. The molecule has 134 valence electrons. The van der Waals surface area contributed by atoms with Crippen molar-refractivity contribution in [2.24, 2.45) is 0 Å². The Morgan fingerprint density at radius 2 is 2.08 bits per heavy atom. The maximum absolute atomic E-state index is 12.6. The Morgan fingerprint density at radius 1 is 1.31 bits per heavy atom. The summed E-state index contributed by atoms with van der Waals surface area (Å²) in [6.45, 7) is 5.23. The molecule has 3 aromatic rings. The number of aryl methyl sites for hydroxylation is 2. The van der Waals surface area contributed by atoms with Crippen LogP contribution in [0.15, 0.2) is 35.8 Å². The zero-order valence-corrected chi connectivity index (χ0v) is 15.4. The summed E-state index contributed by atoms with van der Waals surface area (Å²) in [5, 5.41) is 13.8. The second-order valence-corrected chi connectivity index (χ2v) is 6.75. The molecule has 0 aliphatic heterocycles. The predicted molar refractivity (Wildman–Crippen MR) is 98.6 cm³/mol. The van der Waals surface area contributed by atoms with Gasteiger partial charge in [0, 0.05) is 34.6 Å². The molecule has 8 heteroatoms.